The number of benzene rings is 1. The summed E-state index contributed by atoms with van der Waals surface area (Å²) >= 11 is 3.49. The Labute approximate surface area is 133 Å². The van der Waals surface area contributed by atoms with Crippen molar-refractivity contribution in [2.75, 3.05) is 26.2 Å². The monoisotopic (exact) mass is 350 g/mol. The van der Waals surface area contributed by atoms with Crippen LogP contribution in [0.2, 0.25) is 0 Å². The highest BCUT2D eigenvalue weighted by atomic mass is 79.9. The van der Waals surface area contributed by atoms with Gasteiger partial charge in [0.05, 0.1) is 0 Å². The zero-order chi connectivity index (χ0) is 14.8. The minimum atomic E-state index is -0.194. The van der Waals surface area contributed by atoms with Gasteiger partial charge in [-0.25, -0.2) is 0 Å². The molecule has 1 saturated heterocycles. The van der Waals surface area contributed by atoms with E-state index >= 15 is 0 Å². The first kappa shape index (κ1) is 14.6. The molecule has 4 nitrogen and oxygen atoms in total. The number of halogens is 1. The summed E-state index contributed by atoms with van der Waals surface area (Å²) in [5.74, 6) is 1.16. The lowest BCUT2D eigenvalue weighted by atomic mass is 10.1. The Hall–Kier alpha value is -1.33. The normalized spacial score (nSPS) is 21.6. The van der Waals surface area contributed by atoms with Crippen molar-refractivity contribution >= 4 is 27.9 Å². The number of hydrogen-bond acceptors (Lipinski definition) is 3. The lowest BCUT2D eigenvalue weighted by Gasteiger charge is -2.22. The van der Waals surface area contributed by atoms with Crippen molar-refractivity contribution in [3.8, 4) is 5.75 Å². The van der Waals surface area contributed by atoms with Crippen molar-refractivity contribution in [2.45, 2.75) is 12.8 Å². The van der Waals surface area contributed by atoms with E-state index < -0.39 is 0 Å². The summed E-state index contributed by atoms with van der Waals surface area (Å²) in [5, 5.41) is 0. The Bertz CT molecular complexity index is 586. The number of carbonyl (C=O) groups excluding carboxylic acids is 1. The average molecular weight is 351 g/mol. The summed E-state index contributed by atoms with van der Waals surface area (Å²) in [6, 6.07) is 6.06. The molecule has 1 fully saturated rings. The second-order valence-electron chi connectivity index (χ2n) is 5.83. The van der Waals surface area contributed by atoms with E-state index in [-0.39, 0.29) is 5.91 Å². The highest BCUT2D eigenvalue weighted by Gasteiger charge is 2.25. The van der Waals surface area contributed by atoms with Crippen LogP contribution in [0.4, 0.5) is 0 Å². The van der Waals surface area contributed by atoms with Crippen molar-refractivity contribution in [1.82, 2.24) is 4.90 Å². The fraction of sp³-hybridized carbons (Fsp3) is 0.438. The molecular formula is C16H19BrN2O2. The third-order valence-corrected chi connectivity index (χ3v) is 4.52. The van der Waals surface area contributed by atoms with Gasteiger partial charge in [-0.3, -0.25) is 9.69 Å². The van der Waals surface area contributed by atoms with Gasteiger partial charge in [-0.05, 0) is 48.7 Å². The predicted molar refractivity (Wildman–Crippen MR) is 86.0 cm³/mol. The Morgan fingerprint density at radius 2 is 2.33 bits per heavy atom. The molecule has 1 aromatic rings. The number of fused-ring (bicyclic) bond motifs is 1. The number of rotatable bonds is 4. The van der Waals surface area contributed by atoms with E-state index in [4.69, 9.17) is 10.5 Å². The van der Waals surface area contributed by atoms with E-state index in [1.807, 2.05) is 12.1 Å². The zero-order valence-electron chi connectivity index (χ0n) is 11.8. The fourth-order valence-electron chi connectivity index (χ4n) is 3.08. The molecule has 1 unspecified atom stereocenters. The van der Waals surface area contributed by atoms with Crippen molar-refractivity contribution < 1.29 is 9.53 Å². The van der Waals surface area contributed by atoms with Gasteiger partial charge in [0.15, 0.2) is 0 Å². The molecule has 0 spiro atoms. The molecule has 2 N–H and O–H groups in total. The second kappa shape index (κ2) is 6.20. The first-order valence-electron chi connectivity index (χ1n) is 7.22. The van der Waals surface area contributed by atoms with Crippen LogP contribution >= 0.6 is 15.9 Å². The van der Waals surface area contributed by atoms with Crippen molar-refractivity contribution in [2.24, 2.45) is 11.7 Å². The number of carbonyl (C=O) groups is 1. The quantitative estimate of drug-likeness (QED) is 0.907. The minimum absolute atomic E-state index is 0.194. The van der Waals surface area contributed by atoms with Crippen molar-refractivity contribution in [1.29, 1.82) is 0 Å². The molecule has 21 heavy (non-hydrogen) atoms. The fourth-order valence-corrected chi connectivity index (χ4v) is 3.46. The van der Waals surface area contributed by atoms with Crippen molar-refractivity contribution in [3.63, 3.8) is 0 Å². The number of hydrogen-bond donors (Lipinski definition) is 1. The minimum Gasteiger partial charge on any atom is -0.489 e. The topological polar surface area (TPSA) is 55.6 Å². The summed E-state index contributed by atoms with van der Waals surface area (Å²) < 4.78 is 6.86. The van der Waals surface area contributed by atoms with Crippen LogP contribution in [0.25, 0.3) is 6.08 Å². The largest absolute Gasteiger partial charge is 0.489 e. The van der Waals surface area contributed by atoms with Crippen LogP contribution in [-0.2, 0) is 4.79 Å². The van der Waals surface area contributed by atoms with E-state index in [1.165, 1.54) is 5.57 Å². The van der Waals surface area contributed by atoms with E-state index in [1.54, 1.807) is 0 Å². The standard InChI is InChI=1S/C16H19BrN2O2/c17-14-1-2-15-13(7-14)5-12(10-21-15)9-19-4-3-11(8-19)6-16(18)20/h1-2,5,7,11H,3-4,6,8-10H2,(H2,18,20). The van der Waals surface area contributed by atoms with Crippen LogP contribution in [0.3, 0.4) is 0 Å². The van der Waals surface area contributed by atoms with E-state index in [0.717, 1.165) is 41.8 Å². The first-order valence-corrected chi connectivity index (χ1v) is 8.02. The van der Waals surface area contributed by atoms with Gasteiger partial charge < -0.3 is 10.5 Å². The maximum Gasteiger partial charge on any atom is 0.217 e. The highest BCUT2D eigenvalue weighted by Crippen LogP contribution is 2.30. The summed E-state index contributed by atoms with van der Waals surface area (Å²) in [5.41, 5.74) is 7.68. The summed E-state index contributed by atoms with van der Waals surface area (Å²) in [6.45, 7) is 3.53. The molecule has 0 radical (unpaired) electrons. The van der Waals surface area contributed by atoms with E-state index in [9.17, 15) is 4.79 Å². The molecule has 5 heteroatoms. The zero-order valence-corrected chi connectivity index (χ0v) is 13.4. The lowest BCUT2D eigenvalue weighted by molar-refractivity contribution is -0.118. The number of amides is 1. The summed E-state index contributed by atoms with van der Waals surface area (Å²) in [4.78, 5) is 13.4. The number of ether oxygens (including phenoxy) is 1. The molecule has 2 heterocycles. The predicted octanol–water partition coefficient (Wildman–Crippen LogP) is 2.42. The maximum absolute atomic E-state index is 11.0. The molecule has 1 aromatic carbocycles. The van der Waals surface area contributed by atoms with Crippen molar-refractivity contribution in [3.05, 3.63) is 33.8 Å². The van der Waals surface area contributed by atoms with Gasteiger partial charge in [0.25, 0.3) is 0 Å². The summed E-state index contributed by atoms with van der Waals surface area (Å²) in [6.07, 6.45) is 3.77. The Kier molecular flexibility index (Phi) is 4.31. The molecule has 1 amide bonds. The van der Waals surface area contributed by atoms with Gasteiger partial charge in [-0.2, -0.15) is 0 Å². The Morgan fingerprint density at radius 1 is 1.48 bits per heavy atom. The third kappa shape index (κ3) is 3.66. The molecule has 0 aliphatic carbocycles. The molecule has 0 saturated carbocycles. The van der Waals surface area contributed by atoms with Gasteiger partial charge in [0.1, 0.15) is 12.4 Å². The molecule has 112 valence electrons. The Morgan fingerprint density at radius 3 is 3.14 bits per heavy atom. The average Bonchev–Trinajstić information content (AvgIpc) is 2.84. The highest BCUT2D eigenvalue weighted by molar-refractivity contribution is 9.10. The van der Waals surface area contributed by atoms with Crippen LogP contribution in [0.1, 0.15) is 18.4 Å². The number of nitrogens with zero attached hydrogens (tertiary/aromatic N) is 1. The first-order chi connectivity index (χ1) is 10.1. The molecule has 0 bridgehead atoms. The van der Waals surface area contributed by atoms with Gasteiger partial charge >= 0.3 is 0 Å². The molecular weight excluding hydrogens is 332 g/mol. The maximum atomic E-state index is 11.0. The summed E-state index contributed by atoms with van der Waals surface area (Å²) in [7, 11) is 0. The van der Waals surface area contributed by atoms with E-state index in [2.05, 4.69) is 33.0 Å². The molecule has 3 rings (SSSR count). The second-order valence-corrected chi connectivity index (χ2v) is 6.75. The van der Waals surface area contributed by atoms with Crippen LogP contribution in [0, 0.1) is 5.92 Å². The SMILES string of the molecule is NC(=O)CC1CCN(CC2=Cc3cc(Br)ccc3OC2)C1. The van der Waals surface area contributed by atoms with Crippen LogP contribution in [0.5, 0.6) is 5.75 Å². The number of likely N-dealkylation sites (tertiary alicyclic amines) is 1. The van der Waals surface area contributed by atoms with Gasteiger partial charge in [0.2, 0.25) is 5.91 Å². The third-order valence-electron chi connectivity index (χ3n) is 4.03. The number of nitrogens with two attached hydrogens (primary N) is 1. The Balaban J connectivity index is 1.63. The molecule has 2 aliphatic rings. The van der Waals surface area contributed by atoms with Gasteiger partial charge in [-0.1, -0.05) is 15.9 Å². The van der Waals surface area contributed by atoms with Gasteiger partial charge in [0, 0.05) is 29.5 Å². The van der Waals surface area contributed by atoms with Gasteiger partial charge in [-0.15, -0.1) is 0 Å². The smallest absolute Gasteiger partial charge is 0.217 e. The van der Waals surface area contributed by atoms with Crippen LogP contribution in [-0.4, -0.2) is 37.0 Å². The lowest BCUT2D eigenvalue weighted by Crippen LogP contribution is -2.27. The van der Waals surface area contributed by atoms with E-state index in [0.29, 0.717) is 18.9 Å². The number of primary amides is 1. The molecule has 2 aliphatic heterocycles. The van der Waals surface area contributed by atoms with Crippen LogP contribution in [0.15, 0.2) is 28.2 Å². The molecule has 0 aromatic heterocycles. The van der Waals surface area contributed by atoms with Crippen LogP contribution < -0.4 is 10.5 Å². The molecule has 1 atom stereocenters.